The van der Waals surface area contributed by atoms with E-state index in [-0.39, 0.29) is 30.7 Å². The van der Waals surface area contributed by atoms with Gasteiger partial charge in [0.05, 0.1) is 18.6 Å². The van der Waals surface area contributed by atoms with Gasteiger partial charge in [-0.1, -0.05) is 64.4 Å². The molecule has 1 fully saturated rings. The molecule has 18 heteroatoms. The maximum atomic E-state index is 13.6. The number of hydrogen-bond acceptors (Lipinski definition) is 10. The molecule has 1 aliphatic rings. The van der Waals surface area contributed by atoms with E-state index in [0.29, 0.717) is 13.0 Å². The monoisotopic (exact) mass is 778 g/mol. The first-order chi connectivity index (χ1) is 25.0. The molecular formula is C36H57F3N4O11. The van der Waals surface area contributed by atoms with E-state index in [4.69, 9.17) is 28.8 Å². The lowest BCUT2D eigenvalue weighted by Crippen LogP contribution is -2.57. The highest BCUT2D eigenvalue weighted by Crippen LogP contribution is 2.27. The van der Waals surface area contributed by atoms with E-state index in [1.807, 2.05) is 44.2 Å². The van der Waals surface area contributed by atoms with Crippen molar-refractivity contribution in [3.05, 3.63) is 35.9 Å². The zero-order chi connectivity index (χ0) is 41.6. The minimum Gasteiger partial charge on any atom is -0.475 e. The molecule has 1 heterocycles. The molecule has 0 unspecified atom stereocenters. The number of carboxylic acid groups (broad SMARTS) is 1. The first kappa shape index (κ1) is 48.0. The zero-order valence-corrected chi connectivity index (χ0v) is 32.6. The summed E-state index contributed by atoms with van der Waals surface area (Å²) in [7, 11) is 4.51. The normalized spacial score (nSPS) is 20.7. The van der Waals surface area contributed by atoms with Crippen molar-refractivity contribution in [1.29, 1.82) is 0 Å². The lowest BCUT2D eigenvalue weighted by molar-refractivity contribution is -0.192. The van der Waals surface area contributed by atoms with Crippen LogP contribution in [-0.2, 0) is 44.7 Å². The van der Waals surface area contributed by atoms with Gasteiger partial charge in [0.25, 0.3) is 5.91 Å². The quantitative estimate of drug-likeness (QED) is 0.165. The van der Waals surface area contributed by atoms with Gasteiger partial charge in [0.1, 0.15) is 30.0 Å². The molecule has 0 saturated carbocycles. The molecule has 4 amide bonds. The number of halogens is 3. The number of hydrogen-bond donors (Lipinski definition) is 5. The van der Waals surface area contributed by atoms with Crippen molar-refractivity contribution in [2.75, 3.05) is 27.8 Å². The van der Waals surface area contributed by atoms with Crippen molar-refractivity contribution >= 4 is 29.8 Å². The minimum absolute atomic E-state index is 0.00435. The molecule has 0 spiro atoms. The van der Waals surface area contributed by atoms with Gasteiger partial charge in [-0.15, -0.1) is 0 Å². The molecule has 2 rings (SSSR count). The average Bonchev–Trinajstić information content (AvgIpc) is 3.45. The summed E-state index contributed by atoms with van der Waals surface area (Å²) >= 11 is 0. The smallest absolute Gasteiger partial charge is 0.475 e. The Labute approximate surface area is 314 Å². The highest BCUT2D eigenvalue weighted by atomic mass is 19.4. The van der Waals surface area contributed by atoms with Gasteiger partial charge in [0.2, 0.25) is 11.8 Å². The highest BCUT2D eigenvalue weighted by molar-refractivity contribution is 5.86. The number of likely N-dealkylation sites (N-methyl/N-ethyl adjacent to an activating group) is 1. The number of carboxylic acids is 1. The van der Waals surface area contributed by atoms with Crippen LogP contribution in [0, 0.1) is 11.8 Å². The van der Waals surface area contributed by atoms with Crippen LogP contribution in [0.4, 0.5) is 18.0 Å². The average molecular weight is 779 g/mol. The Morgan fingerprint density at radius 3 is 1.98 bits per heavy atom. The first-order valence-electron chi connectivity index (χ1n) is 17.5. The molecule has 0 radical (unpaired) electrons. The molecule has 15 nitrogen and oxygen atoms in total. The van der Waals surface area contributed by atoms with Gasteiger partial charge in [-0.2, -0.15) is 13.2 Å². The second-order valence-corrected chi connectivity index (χ2v) is 14.3. The summed E-state index contributed by atoms with van der Waals surface area (Å²) < 4.78 is 54.3. The minimum atomic E-state index is -5.08. The number of alkyl carbamates (subject to hydrolysis) is 1. The zero-order valence-electron chi connectivity index (χ0n) is 32.6. The van der Waals surface area contributed by atoms with Crippen molar-refractivity contribution in [3.63, 3.8) is 0 Å². The molecule has 1 saturated heterocycles. The van der Waals surface area contributed by atoms with E-state index in [0.717, 1.165) is 5.56 Å². The molecule has 1 aliphatic heterocycles. The molecule has 8 atom stereocenters. The number of amides is 4. The Hall–Kier alpha value is -4.00. The molecule has 1 aromatic rings. The number of methoxy groups -OCH3 is 2. The molecular weight excluding hydrogens is 721 g/mol. The van der Waals surface area contributed by atoms with Crippen LogP contribution in [0.5, 0.6) is 0 Å². The van der Waals surface area contributed by atoms with Gasteiger partial charge in [-0.25, -0.2) is 9.59 Å². The highest BCUT2D eigenvalue weighted by Gasteiger charge is 2.49. The summed E-state index contributed by atoms with van der Waals surface area (Å²) in [6, 6.07) is 7.84. The topological polar surface area (TPSA) is 202 Å². The Morgan fingerprint density at radius 2 is 1.52 bits per heavy atom. The van der Waals surface area contributed by atoms with Crippen LogP contribution in [0.15, 0.2) is 30.3 Å². The van der Waals surface area contributed by atoms with Crippen molar-refractivity contribution in [3.8, 4) is 0 Å². The molecule has 308 valence electrons. The predicted molar refractivity (Wildman–Crippen MR) is 190 cm³/mol. The lowest BCUT2D eigenvalue weighted by Gasteiger charge is -2.38. The third-order valence-electron chi connectivity index (χ3n) is 8.58. The van der Waals surface area contributed by atoms with Crippen LogP contribution in [0.1, 0.15) is 66.9 Å². The summed E-state index contributed by atoms with van der Waals surface area (Å²) in [6.07, 6.45) is -9.67. The number of aliphatic carboxylic acids is 1. The maximum Gasteiger partial charge on any atom is 0.490 e. The molecule has 54 heavy (non-hydrogen) atoms. The summed E-state index contributed by atoms with van der Waals surface area (Å²) in [6.45, 7) is 13.0. The second kappa shape index (κ2) is 21.8. The van der Waals surface area contributed by atoms with Crippen LogP contribution in [-0.4, -0.2) is 127 Å². The number of carbonyl (C=O) groups excluding carboxylic acids is 4. The van der Waals surface area contributed by atoms with E-state index in [2.05, 4.69) is 16.0 Å². The van der Waals surface area contributed by atoms with E-state index < -0.39 is 78.3 Å². The summed E-state index contributed by atoms with van der Waals surface area (Å²) in [4.78, 5) is 62.6. The van der Waals surface area contributed by atoms with Gasteiger partial charge >= 0.3 is 18.2 Å². The summed E-state index contributed by atoms with van der Waals surface area (Å²) in [5, 5.41) is 26.7. The molecule has 0 aromatic heterocycles. The third kappa shape index (κ3) is 15.4. The van der Waals surface area contributed by atoms with Gasteiger partial charge in [-0.05, 0) is 38.2 Å². The fraction of sp³-hybridized carbons (Fsp3) is 0.694. The number of aliphatic hydroxyl groups is 1. The van der Waals surface area contributed by atoms with Crippen LogP contribution in [0.3, 0.4) is 0 Å². The Balaban J connectivity index is 0.00000189. The van der Waals surface area contributed by atoms with Gasteiger partial charge in [0, 0.05) is 34.4 Å². The Morgan fingerprint density at radius 1 is 0.963 bits per heavy atom. The number of nitrogens with zero attached hydrogens (tertiary/aromatic N) is 1. The van der Waals surface area contributed by atoms with Gasteiger partial charge in [-0.3, -0.25) is 14.4 Å². The fourth-order valence-electron chi connectivity index (χ4n) is 5.70. The van der Waals surface area contributed by atoms with E-state index in [9.17, 15) is 37.5 Å². The van der Waals surface area contributed by atoms with Crippen LogP contribution < -0.4 is 16.0 Å². The predicted octanol–water partition coefficient (Wildman–Crippen LogP) is 3.02. The third-order valence-corrected chi connectivity index (χ3v) is 8.58. The van der Waals surface area contributed by atoms with Crippen LogP contribution in [0.25, 0.3) is 0 Å². The summed E-state index contributed by atoms with van der Waals surface area (Å²) in [5.74, 6) is -4.43. The molecule has 1 aromatic carbocycles. The fourth-order valence-corrected chi connectivity index (χ4v) is 5.70. The number of carbonyl (C=O) groups is 5. The van der Waals surface area contributed by atoms with E-state index in [1.54, 1.807) is 41.7 Å². The van der Waals surface area contributed by atoms with Crippen molar-refractivity contribution in [2.45, 2.75) is 122 Å². The first-order valence-corrected chi connectivity index (χ1v) is 17.5. The van der Waals surface area contributed by atoms with Crippen molar-refractivity contribution < 1.29 is 66.3 Å². The number of benzene rings is 1. The number of nitrogens with one attached hydrogen (secondary N) is 3. The Kier molecular flexibility index (Phi) is 19.4. The number of rotatable bonds is 16. The maximum absolute atomic E-state index is 13.6. The number of alkyl halides is 3. The van der Waals surface area contributed by atoms with E-state index in [1.165, 1.54) is 19.1 Å². The largest absolute Gasteiger partial charge is 0.490 e. The summed E-state index contributed by atoms with van der Waals surface area (Å²) in [5.41, 5.74) is 0.191. The molecule has 0 bridgehead atoms. The number of ether oxygens (including phenoxy) is 4. The van der Waals surface area contributed by atoms with Crippen molar-refractivity contribution in [2.24, 2.45) is 11.8 Å². The van der Waals surface area contributed by atoms with Crippen LogP contribution in [0.2, 0.25) is 0 Å². The Bertz CT molecular complexity index is 1360. The van der Waals surface area contributed by atoms with Crippen molar-refractivity contribution in [1.82, 2.24) is 20.9 Å². The van der Waals surface area contributed by atoms with Gasteiger partial charge < -0.3 is 50.0 Å². The van der Waals surface area contributed by atoms with Gasteiger partial charge in [0.15, 0.2) is 6.10 Å². The molecule has 0 aliphatic carbocycles. The number of aliphatic hydroxyl groups excluding tert-OH is 1. The molecule has 5 N–H and O–H groups in total. The standard InChI is InChI=1S/C34H56N4O9.C2HF3O2/c1-11-21(4)27(38(8)32(42)26(20(2)3)37-33(43)47-34(5,6)7)23(39)17-25(40)35-19-24-28(44-9)29(45-10)30(46-24)31(41)36-18-22-15-13-12-14-16-22;3-2(4,5)1(6)7/h12-16,20-21,23-24,26-30,39H,11,17-19H2,1-10H3,(H,35,40)(H,36,41)(H,37,43);(H,6,7)/t21-,23+,24+,26-,27-,28+,29-,30+;/m0./s1. The van der Waals surface area contributed by atoms with E-state index >= 15 is 0 Å². The van der Waals surface area contributed by atoms with Crippen LogP contribution >= 0.6 is 0 Å². The second-order valence-electron chi connectivity index (χ2n) is 14.3. The SMILES string of the molecule is CC[C@H](C)[C@@H]([C@H](O)CC(=O)NC[C@H]1O[C@@H](C(=O)NCc2ccccc2)[C@@H](OC)[C@@H]1OC)N(C)C(=O)[C@@H](NC(=O)OC(C)(C)C)C(C)C.O=C(O)C(F)(F)F. The lowest BCUT2D eigenvalue weighted by atomic mass is 9.90.